The van der Waals surface area contributed by atoms with Gasteiger partial charge in [-0.1, -0.05) is 24.3 Å². The van der Waals surface area contributed by atoms with E-state index in [-0.39, 0.29) is 0 Å². The highest BCUT2D eigenvalue weighted by Crippen LogP contribution is 2.41. The van der Waals surface area contributed by atoms with Gasteiger partial charge in [0, 0.05) is 50.8 Å². The molecule has 0 unspecified atom stereocenters. The highest BCUT2D eigenvalue weighted by molar-refractivity contribution is 6.38. The molecule has 2 heterocycles. The van der Waals surface area contributed by atoms with Crippen LogP contribution in [0.1, 0.15) is 41.4 Å². The SMILES string of the molecule is COc1ccc2c3c(cccc13)C(=O)N(c1ccc3c4c(cccc14)C(=O)N(C)C3=O)C2=O. The molecule has 6 rings (SSSR count). The van der Waals surface area contributed by atoms with E-state index in [1.54, 1.807) is 54.6 Å². The minimum atomic E-state index is -0.474. The number of imide groups is 2. The van der Waals surface area contributed by atoms with Gasteiger partial charge >= 0.3 is 0 Å². The molecule has 4 amide bonds. The van der Waals surface area contributed by atoms with Gasteiger partial charge in [0.1, 0.15) is 5.75 Å². The molecule has 0 saturated carbocycles. The number of rotatable bonds is 2. The number of carbonyl (C=O) groups excluding carboxylic acids is 4. The Balaban J connectivity index is 1.63. The zero-order valence-electron chi connectivity index (χ0n) is 17.7. The van der Waals surface area contributed by atoms with E-state index in [1.165, 1.54) is 14.2 Å². The van der Waals surface area contributed by atoms with E-state index in [1.807, 2.05) is 6.07 Å². The minimum absolute atomic E-state index is 0.328. The smallest absolute Gasteiger partial charge is 0.266 e. The first-order valence-corrected chi connectivity index (χ1v) is 10.3. The van der Waals surface area contributed by atoms with Gasteiger partial charge < -0.3 is 4.74 Å². The quantitative estimate of drug-likeness (QED) is 0.443. The third kappa shape index (κ3) is 2.33. The summed E-state index contributed by atoms with van der Waals surface area (Å²) in [7, 11) is 2.97. The normalized spacial score (nSPS) is 15.1. The lowest BCUT2D eigenvalue weighted by atomic mass is 9.90. The monoisotopic (exact) mass is 436 g/mol. The van der Waals surface area contributed by atoms with Crippen LogP contribution in [0.25, 0.3) is 21.5 Å². The molecule has 0 fully saturated rings. The van der Waals surface area contributed by atoms with Gasteiger partial charge in [0.05, 0.1) is 12.8 Å². The van der Waals surface area contributed by atoms with E-state index in [0.717, 1.165) is 9.80 Å². The number of hydrogen-bond donors (Lipinski definition) is 0. The van der Waals surface area contributed by atoms with Gasteiger partial charge in [-0.15, -0.1) is 0 Å². The van der Waals surface area contributed by atoms with Crippen molar-refractivity contribution in [2.45, 2.75) is 0 Å². The third-order valence-corrected chi connectivity index (χ3v) is 6.42. The molecule has 0 bridgehead atoms. The van der Waals surface area contributed by atoms with E-state index in [0.29, 0.717) is 55.2 Å². The number of hydrogen-bond acceptors (Lipinski definition) is 5. The second kappa shape index (κ2) is 6.49. The summed E-state index contributed by atoms with van der Waals surface area (Å²) in [5.74, 6) is -1.22. The summed E-state index contributed by atoms with van der Waals surface area (Å²) in [6.07, 6.45) is 0. The standard InChI is InChI=1S/C26H16N2O5/c1-27-23(29)15-7-3-5-13-19(11-9-17(21(13)15)24(27)30)28-25(31)16-8-4-6-14-20(33-2)12-10-18(22(14)16)26(28)32/h3-12H,1-2H3. The molecule has 160 valence electrons. The first-order chi connectivity index (χ1) is 15.9. The molecule has 7 nitrogen and oxygen atoms in total. The lowest BCUT2D eigenvalue weighted by Crippen LogP contribution is -2.41. The zero-order chi connectivity index (χ0) is 23.0. The van der Waals surface area contributed by atoms with Gasteiger partial charge in [-0.05, 0) is 36.4 Å². The molecule has 4 aromatic rings. The topological polar surface area (TPSA) is 84.0 Å². The number of nitrogens with zero attached hydrogens (tertiary/aromatic N) is 2. The van der Waals surface area contributed by atoms with Crippen LogP contribution in [0.5, 0.6) is 5.75 Å². The van der Waals surface area contributed by atoms with E-state index in [4.69, 9.17) is 4.74 Å². The highest BCUT2D eigenvalue weighted by Gasteiger charge is 2.37. The molecule has 0 radical (unpaired) electrons. The molecule has 33 heavy (non-hydrogen) atoms. The maximum Gasteiger partial charge on any atom is 0.266 e. The first kappa shape index (κ1) is 19.2. The zero-order valence-corrected chi connectivity index (χ0v) is 17.7. The van der Waals surface area contributed by atoms with Crippen molar-refractivity contribution in [2.24, 2.45) is 0 Å². The Bertz CT molecular complexity index is 1560. The van der Waals surface area contributed by atoms with Crippen molar-refractivity contribution in [3.63, 3.8) is 0 Å². The van der Waals surface area contributed by atoms with Crippen molar-refractivity contribution in [2.75, 3.05) is 19.1 Å². The summed E-state index contributed by atoms with van der Waals surface area (Å²) < 4.78 is 5.42. The molecule has 0 aromatic heterocycles. The average molecular weight is 436 g/mol. The Morgan fingerprint density at radius 3 is 1.79 bits per heavy atom. The second-order valence-electron chi connectivity index (χ2n) is 8.02. The fourth-order valence-corrected chi connectivity index (χ4v) is 4.86. The lowest BCUT2D eigenvalue weighted by Gasteiger charge is -2.30. The molecule has 4 aromatic carbocycles. The summed E-state index contributed by atoms with van der Waals surface area (Å²) in [6.45, 7) is 0. The molecule has 2 aliphatic heterocycles. The van der Waals surface area contributed by atoms with Crippen LogP contribution < -0.4 is 9.64 Å². The highest BCUT2D eigenvalue weighted by atomic mass is 16.5. The van der Waals surface area contributed by atoms with Gasteiger partial charge in [0.2, 0.25) is 0 Å². The predicted octanol–water partition coefficient (Wildman–Crippen LogP) is 4.03. The Morgan fingerprint density at radius 1 is 0.606 bits per heavy atom. The van der Waals surface area contributed by atoms with Crippen LogP contribution in [-0.4, -0.2) is 42.7 Å². The fourth-order valence-electron chi connectivity index (χ4n) is 4.86. The van der Waals surface area contributed by atoms with Crippen molar-refractivity contribution >= 4 is 50.9 Å². The number of methoxy groups -OCH3 is 1. The number of carbonyl (C=O) groups is 4. The molecule has 7 heteroatoms. The number of benzene rings is 4. The first-order valence-electron chi connectivity index (χ1n) is 10.3. The lowest BCUT2D eigenvalue weighted by molar-refractivity contribution is 0.0650. The molecule has 0 saturated heterocycles. The van der Waals surface area contributed by atoms with Crippen molar-refractivity contribution in [1.29, 1.82) is 0 Å². The Labute approximate surface area is 187 Å². The van der Waals surface area contributed by atoms with Gasteiger partial charge in [0.15, 0.2) is 0 Å². The van der Waals surface area contributed by atoms with E-state index < -0.39 is 23.6 Å². The molecule has 0 spiro atoms. The number of amides is 4. The average Bonchev–Trinajstić information content (AvgIpc) is 2.84. The van der Waals surface area contributed by atoms with Crippen molar-refractivity contribution < 1.29 is 23.9 Å². The summed E-state index contributed by atoms with van der Waals surface area (Å²) in [5.41, 5.74) is 1.81. The molecule has 2 aliphatic rings. The maximum atomic E-state index is 13.6. The number of anilines is 1. The molecule has 0 atom stereocenters. The third-order valence-electron chi connectivity index (χ3n) is 6.42. The van der Waals surface area contributed by atoms with Gasteiger partial charge in [0.25, 0.3) is 23.6 Å². The van der Waals surface area contributed by atoms with E-state index >= 15 is 0 Å². The summed E-state index contributed by atoms with van der Waals surface area (Å²) in [6, 6.07) is 16.8. The van der Waals surface area contributed by atoms with Crippen LogP contribution in [0, 0.1) is 0 Å². The van der Waals surface area contributed by atoms with Crippen LogP contribution >= 0.6 is 0 Å². The second-order valence-corrected chi connectivity index (χ2v) is 8.02. The van der Waals surface area contributed by atoms with Crippen LogP contribution in [0.4, 0.5) is 5.69 Å². The molecule has 0 N–H and O–H groups in total. The van der Waals surface area contributed by atoms with Crippen molar-refractivity contribution in [1.82, 2.24) is 4.90 Å². The Morgan fingerprint density at radius 2 is 1.12 bits per heavy atom. The molecular formula is C26H16N2O5. The summed E-state index contributed by atoms with van der Waals surface area (Å²) >= 11 is 0. The molecular weight excluding hydrogens is 420 g/mol. The largest absolute Gasteiger partial charge is 0.496 e. The van der Waals surface area contributed by atoms with Crippen LogP contribution in [-0.2, 0) is 0 Å². The Kier molecular flexibility index (Phi) is 3.77. The van der Waals surface area contributed by atoms with Crippen molar-refractivity contribution in [3.8, 4) is 5.75 Å². The predicted molar refractivity (Wildman–Crippen MR) is 122 cm³/mol. The van der Waals surface area contributed by atoms with Crippen LogP contribution in [0.2, 0.25) is 0 Å². The van der Waals surface area contributed by atoms with Crippen molar-refractivity contribution in [3.05, 3.63) is 82.9 Å². The minimum Gasteiger partial charge on any atom is -0.496 e. The Hall–Kier alpha value is -4.52. The van der Waals surface area contributed by atoms with Gasteiger partial charge in [-0.3, -0.25) is 24.1 Å². The van der Waals surface area contributed by atoms with E-state index in [2.05, 4.69) is 0 Å². The fraction of sp³-hybridized carbons (Fsp3) is 0.0769. The van der Waals surface area contributed by atoms with Gasteiger partial charge in [-0.25, -0.2) is 4.90 Å². The molecule has 0 aliphatic carbocycles. The number of ether oxygens (including phenoxy) is 1. The van der Waals surface area contributed by atoms with Crippen LogP contribution in [0.15, 0.2) is 60.7 Å². The van der Waals surface area contributed by atoms with Crippen LogP contribution in [0.3, 0.4) is 0 Å². The van der Waals surface area contributed by atoms with E-state index in [9.17, 15) is 19.2 Å². The van der Waals surface area contributed by atoms with Gasteiger partial charge in [-0.2, -0.15) is 0 Å². The summed E-state index contributed by atoms with van der Waals surface area (Å²) in [4.78, 5) is 54.9. The maximum absolute atomic E-state index is 13.6. The summed E-state index contributed by atoms with van der Waals surface area (Å²) in [5, 5.41) is 2.18.